The molecule has 0 unspecified atom stereocenters. The molecule has 2 aromatic rings. The zero-order chi connectivity index (χ0) is 11.7. The molecule has 0 spiro atoms. The molecule has 0 radical (unpaired) electrons. The van der Waals surface area contributed by atoms with E-state index in [0.29, 0.717) is 0 Å². The fourth-order valence-electron chi connectivity index (χ4n) is 1.51. The van der Waals surface area contributed by atoms with Crippen LogP contribution in [-0.2, 0) is 0 Å². The van der Waals surface area contributed by atoms with Gasteiger partial charge in [0.1, 0.15) is 0 Å². The third kappa shape index (κ3) is 3.03. The van der Waals surface area contributed by atoms with E-state index in [1.54, 1.807) is 0 Å². The van der Waals surface area contributed by atoms with Crippen LogP contribution in [0.4, 0.5) is 0 Å². The standard InChI is InChI=1S/C12H10S3.BrH.Sb/c13-9-5-1-3-7-11(9)15-12-8-4-2-6-10(12)14;;/h1-8,13-14H;1H;/q;;+3/p-3. The molecule has 0 atom stereocenters. The number of hydrogen-bond donors (Lipinski definition) is 0. The Morgan fingerprint density at radius 2 is 1.12 bits per heavy atom. The van der Waals surface area contributed by atoms with E-state index >= 15 is 0 Å². The Bertz CT molecular complexity index is 499. The van der Waals surface area contributed by atoms with Crippen LogP contribution in [-0.4, -0.2) is 15.2 Å². The van der Waals surface area contributed by atoms with Gasteiger partial charge in [-0.15, -0.1) is 0 Å². The van der Waals surface area contributed by atoms with Crippen LogP contribution in [0.5, 0.6) is 0 Å². The van der Waals surface area contributed by atoms with Crippen molar-refractivity contribution >= 4 is 57.2 Å². The van der Waals surface area contributed by atoms with Crippen molar-refractivity contribution in [3.63, 3.8) is 0 Å². The Kier molecular flexibility index (Phi) is 4.39. The second-order valence-electron chi connectivity index (χ2n) is 3.39. The number of fused-ring (bicyclic) bond motifs is 2. The maximum atomic E-state index is 3.91. The molecule has 1 aliphatic rings. The normalized spacial score (nSPS) is 15.6. The first-order chi connectivity index (χ1) is 8.33. The molecule has 1 heterocycles. The molecular weight excluding hydrogens is 442 g/mol. The van der Waals surface area contributed by atoms with Crippen molar-refractivity contribution in [2.75, 3.05) is 0 Å². The van der Waals surface area contributed by atoms with Crippen molar-refractivity contribution in [2.24, 2.45) is 0 Å². The summed E-state index contributed by atoms with van der Waals surface area (Å²) in [5.41, 5.74) is 0. The third-order valence-corrected chi connectivity index (χ3v) is 19.7. The molecule has 0 aliphatic carbocycles. The molecule has 0 fully saturated rings. The maximum absolute atomic E-state index is 3.91. The van der Waals surface area contributed by atoms with Gasteiger partial charge < -0.3 is 0 Å². The molecule has 86 valence electrons. The van der Waals surface area contributed by atoms with Crippen LogP contribution in [0.2, 0.25) is 0 Å². The Morgan fingerprint density at radius 3 is 1.59 bits per heavy atom. The van der Waals surface area contributed by atoms with Crippen molar-refractivity contribution < 1.29 is 0 Å². The summed E-state index contributed by atoms with van der Waals surface area (Å²) >= 11 is 4.35. The fourth-order valence-corrected chi connectivity index (χ4v) is 20.9. The van der Waals surface area contributed by atoms with E-state index in [1.807, 2.05) is 11.8 Å². The summed E-state index contributed by atoms with van der Waals surface area (Å²) in [6.07, 6.45) is 0. The first-order valence-electron chi connectivity index (χ1n) is 5.01. The zero-order valence-corrected chi connectivity index (χ0v) is 15.3. The summed E-state index contributed by atoms with van der Waals surface area (Å²) in [6.45, 7) is 0. The van der Waals surface area contributed by atoms with Gasteiger partial charge >= 0.3 is 125 Å². The van der Waals surface area contributed by atoms with Gasteiger partial charge in [0.2, 0.25) is 0 Å². The molecule has 17 heavy (non-hydrogen) atoms. The van der Waals surface area contributed by atoms with Crippen LogP contribution in [0.3, 0.4) is 0 Å². The van der Waals surface area contributed by atoms with Gasteiger partial charge in [0.15, 0.2) is 0 Å². The Balaban J connectivity index is 2.09. The van der Waals surface area contributed by atoms with E-state index in [4.69, 9.17) is 0 Å². The number of benzene rings is 2. The van der Waals surface area contributed by atoms with Gasteiger partial charge in [-0.05, 0) is 0 Å². The Labute approximate surface area is 124 Å². The van der Waals surface area contributed by atoms with Gasteiger partial charge in [0.25, 0.3) is 0 Å². The second-order valence-corrected chi connectivity index (χ2v) is 27.6. The molecule has 1 aliphatic heterocycles. The van der Waals surface area contributed by atoms with E-state index in [2.05, 4.69) is 78.8 Å². The minimum atomic E-state index is -1.45. The number of halogens is 1. The van der Waals surface area contributed by atoms with Gasteiger partial charge in [-0.2, -0.15) is 0 Å². The summed E-state index contributed by atoms with van der Waals surface area (Å²) in [6, 6.07) is 17.4. The topological polar surface area (TPSA) is 0 Å². The van der Waals surface area contributed by atoms with Crippen LogP contribution < -0.4 is 0 Å². The quantitative estimate of drug-likeness (QED) is 0.493. The van der Waals surface area contributed by atoms with Crippen molar-refractivity contribution in [2.45, 2.75) is 19.6 Å². The number of hydrogen-bond acceptors (Lipinski definition) is 3. The van der Waals surface area contributed by atoms with Crippen LogP contribution in [0, 0.1) is 0 Å². The zero-order valence-electron chi connectivity index (χ0n) is 8.67. The average molecular weight is 450 g/mol. The SMILES string of the molecule is [Br][Sb]1[S]c2ccccc2Sc2ccccc2[S]1. The second kappa shape index (κ2) is 5.83. The first-order valence-corrected chi connectivity index (χ1v) is 19.3. The molecule has 5 heteroatoms. The molecule has 0 aromatic heterocycles. The predicted molar refractivity (Wildman–Crippen MR) is 83.4 cm³/mol. The number of rotatable bonds is 0. The van der Waals surface area contributed by atoms with E-state index in [9.17, 15) is 0 Å². The van der Waals surface area contributed by atoms with Crippen LogP contribution in [0.15, 0.2) is 68.1 Å². The van der Waals surface area contributed by atoms with Gasteiger partial charge in [-0.3, -0.25) is 0 Å². The van der Waals surface area contributed by atoms with E-state index in [0.717, 1.165) is 0 Å². The molecule has 0 bridgehead atoms. The molecule has 2 aromatic carbocycles. The summed E-state index contributed by atoms with van der Waals surface area (Å²) in [5, 5.41) is 0. The molecule has 0 saturated heterocycles. The van der Waals surface area contributed by atoms with Crippen molar-refractivity contribution in [1.29, 1.82) is 0 Å². The van der Waals surface area contributed by atoms with Crippen molar-refractivity contribution in [3.05, 3.63) is 48.5 Å². The van der Waals surface area contributed by atoms with Gasteiger partial charge in [0.05, 0.1) is 0 Å². The Hall–Kier alpha value is 0.788. The van der Waals surface area contributed by atoms with Gasteiger partial charge in [0, 0.05) is 0 Å². The van der Waals surface area contributed by atoms with Crippen LogP contribution in [0.1, 0.15) is 0 Å². The molecular formula is C12H8BrS3Sb. The molecule has 0 N–H and O–H groups in total. The summed E-state index contributed by atoms with van der Waals surface area (Å²) < 4.78 is 0. The minimum absolute atomic E-state index is 1.39. The first kappa shape index (κ1) is 12.8. The summed E-state index contributed by atoms with van der Waals surface area (Å²) in [7, 11) is 4.10. The monoisotopic (exact) mass is 448 g/mol. The molecule has 0 amide bonds. The van der Waals surface area contributed by atoms with Crippen LogP contribution >= 0.6 is 42.1 Å². The van der Waals surface area contributed by atoms with Crippen molar-refractivity contribution in [1.82, 2.24) is 0 Å². The van der Waals surface area contributed by atoms with Crippen molar-refractivity contribution in [3.8, 4) is 0 Å². The molecule has 3 rings (SSSR count). The van der Waals surface area contributed by atoms with E-state index in [1.165, 1.54) is 19.6 Å². The molecule has 0 nitrogen and oxygen atoms in total. The Morgan fingerprint density at radius 1 is 0.706 bits per heavy atom. The molecule has 0 saturated carbocycles. The van der Waals surface area contributed by atoms with E-state index in [-0.39, 0.29) is 0 Å². The summed E-state index contributed by atoms with van der Waals surface area (Å²) in [5.74, 6) is 0. The van der Waals surface area contributed by atoms with E-state index < -0.39 is 15.2 Å². The summed E-state index contributed by atoms with van der Waals surface area (Å²) in [4.78, 5) is 5.64. The fraction of sp³-hybridized carbons (Fsp3) is 0. The average Bonchev–Trinajstić information content (AvgIpc) is 2.31. The predicted octanol–water partition coefficient (Wildman–Crippen LogP) is 5.42. The third-order valence-electron chi connectivity index (χ3n) is 2.26. The van der Waals surface area contributed by atoms with Crippen LogP contribution in [0.25, 0.3) is 0 Å². The van der Waals surface area contributed by atoms with Gasteiger partial charge in [-0.25, -0.2) is 0 Å². The van der Waals surface area contributed by atoms with Gasteiger partial charge in [-0.1, -0.05) is 0 Å².